The molecule has 2 atom stereocenters. The first kappa shape index (κ1) is 30.5. The van der Waals surface area contributed by atoms with Gasteiger partial charge in [0.2, 0.25) is 11.8 Å². The molecule has 1 N–H and O–H groups in total. The van der Waals surface area contributed by atoms with Gasteiger partial charge in [-0.3, -0.25) is 19.6 Å². The highest BCUT2D eigenvalue weighted by atomic mass is 35.5. The third-order valence-corrected chi connectivity index (χ3v) is 7.96. The van der Waals surface area contributed by atoms with Crippen LogP contribution in [0.4, 0.5) is 4.79 Å². The van der Waals surface area contributed by atoms with Crippen LogP contribution in [0.1, 0.15) is 35.7 Å². The maximum Gasteiger partial charge on any atom is 0.326 e. The van der Waals surface area contributed by atoms with Gasteiger partial charge in [-0.05, 0) is 42.3 Å². The van der Waals surface area contributed by atoms with Gasteiger partial charge < -0.3 is 19.6 Å². The number of amidine groups is 1. The van der Waals surface area contributed by atoms with Gasteiger partial charge in [0.25, 0.3) is 0 Å². The SMILES string of the molecule is CCOc1ncc(C2=N[C@@H](c3ccc(Cl)cc3)[C@@H](c3ccc(Cl)cc3)N2C(=O)N2CCN(CC(=O)N(C)C)CC2)c(O)n1. The largest absolute Gasteiger partial charge is 0.493 e. The number of benzene rings is 2. The molecule has 43 heavy (non-hydrogen) atoms. The van der Waals surface area contributed by atoms with Crippen LogP contribution >= 0.6 is 23.2 Å². The molecule has 3 aromatic rings. The van der Waals surface area contributed by atoms with Crippen molar-refractivity contribution in [2.24, 2.45) is 4.99 Å². The summed E-state index contributed by atoms with van der Waals surface area (Å²) in [5.41, 5.74) is 1.83. The number of hydrogen-bond acceptors (Lipinski definition) is 8. The first-order chi connectivity index (χ1) is 20.7. The number of likely N-dealkylation sites (N-methyl/N-ethyl adjacent to an activating group) is 1. The minimum atomic E-state index is -0.583. The Kier molecular flexibility index (Phi) is 9.34. The number of ether oxygens (including phenoxy) is 1. The van der Waals surface area contributed by atoms with Crippen LogP contribution in [0.25, 0.3) is 0 Å². The zero-order chi connectivity index (χ0) is 30.7. The number of carbonyl (C=O) groups is 2. The number of aliphatic imine (C=N–C) groups is 1. The lowest BCUT2D eigenvalue weighted by atomic mass is 9.94. The minimum Gasteiger partial charge on any atom is -0.493 e. The molecule has 2 aliphatic heterocycles. The number of amides is 3. The van der Waals surface area contributed by atoms with E-state index in [1.54, 1.807) is 60.0 Å². The molecule has 2 aliphatic rings. The number of piperazine rings is 1. The molecule has 0 bridgehead atoms. The van der Waals surface area contributed by atoms with Crippen LogP contribution in [-0.4, -0.2) is 106 Å². The summed E-state index contributed by atoms with van der Waals surface area (Å²) in [5, 5.41) is 12.1. The third-order valence-electron chi connectivity index (χ3n) is 7.46. The Bertz CT molecular complexity index is 1490. The zero-order valence-electron chi connectivity index (χ0n) is 24.2. The molecule has 0 spiro atoms. The number of rotatable bonds is 7. The van der Waals surface area contributed by atoms with Crippen LogP contribution in [0.3, 0.4) is 0 Å². The predicted octanol–water partition coefficient (Wildman–Crippen LogP) is 4.26. The molecule has 0 radical (unpaired) electrons. The molecule has 2 aromatic carbocycles. The number of carbonyl (C=O) groups excluding carboxylic acids is 2. The molecule has 5 rings (SSSR count). The summed E-state index contributed by atoms with van der Waals surface area (Å²) in [6, 6.07) is 13.2. The fraction of sp³-hybridized carbons (Fsp3) is 0.367. The van der Waals surface area contributed by atoms with E-state index in [1.165, 1.54) is 6.20 Å². The van der Waals surface area contributed by atoms with Crippen molar-refractivity contribution in [3.05, 3.63) is 81.5 Å². The van der Waals surface area contributed by atoms with Gasteiger partial charge in [0.15, 0.2) is 0 Å². The van der Waals surface area contributed by atoms with E-state index >= 15 is 0 Å². The summed E-state index contributed by atoms with van der Waals surface area (Å²) >= 11 is 12.4. The Morgan fingerprint density at radius 2 is 1.58 bits per heavy atom. The van der Waals surface area contributed by atoms with Gasteiger partial charge >= 0.3 is 12.0 Å². The van der Waals surface area contributed by atoms with E-state index in [4.69, 9.17) is 32.9 Å². The summed E-state index contributed by atoms with van der Waals surface area (Å²) in [5.74, 6) is -0.113. The number of aromatic hydroxyl groups is 1. The molecule has 13 heteroatoms. The number of nitrogens with zero attached hydrogens (tertiary/aromatic N) is 7. The highest BCUT2D eigenvalue weighted by Crippen LogP contribution is 2.45. The molecule has 3 amide bonds. The van der Waals surface area contributed by atoms with Crippen molar-refractivity contribution >= 4 is 41.0 Å². The van der Waals surface area contributed by atoms with E-state index < -0.39 is 12.1 Å². The van der Waals surface area contributed by atoms with Crippen molar-refractivity contribution in [1.29, 1.82) is 0 Å². The molecule has 1 aromatic heterocycles. The number of halogens is 2. The normalized spacial score (nSPS) is 18.9. The summed E-state index contributed by atoms with van der Waals surface area (Å²) in [7, 11) is 3.45. The Balaban J connectivity index is 1.55. The van der Waals surface area contributed by atoms with Gasteiger partial charge in [0.05, 0.1) is 24.8 Å². The van der Waals surface area contributed by atoms with Crippen molar-refractivity contribution in [2.45, 2.75) is 19.0 Å². The molecule has 0 saturated carbocycles. The lowest BCUT2D eigenvalue weighted by molar-refractivity contribution is -0.130. The molecule has 0 unspecified atom stereocenters. The summed E-state index contributed by atoms with van der Waals surface area (Å²) in [6.07, 6.45) is 1.42. The standard InChI is InChI=1S/C30H33Cl2N7O4/c1-4-43-29-33-17-23(28(41)35-29)27-34-25(19-5-9-21(31)10-6-19)26(20-7-11-22(32)12-8-20)39(27)30(42)38-15-13-37(14-16-38)18-24(40)36(2)3/h5-12,17,25-26H,4,13-16,18H2,1-3H3,(H,33,35,41)/t25-,26+/m0/s1. The van der Waals surface area contributed by atoms with E-state index in [1.807, 2.05) is 29.2 Å². The Morgan fingerprint density at radius 3 is 2.14 bits per heavy atom. The van der Waals surface area contributed by atoms with E-state index in [-0.39, 0.29) is 41.8 Å². The maximum atomic E-state index is 14.5. The van der Waals surface area contributed by atoms with E-state index in [9.17, 15) is 14.7 Å². The van der Waals surface area contributed by atoms with Crippen molar-refractivity contribution in [2.75, 3.05) is 53.4 Å². The lowest BCUT2D eigenvalue weighted by Crippen LogP contribution is -2.55. The van der Waals surface area contributed by atoms with Gasteiger partial charge in [-0.25, -0.2) is 9.78 Å². The average Bonchev–Trinajstić information content (AvgIpc) is 3.38. The molecule has 3 heterocycles. The second-order valence-electron chi connectivity index (χ2n) is 10.5. The van der Waals surface area contributed by atoms with Crippen LogP contribution in [0.15, 0.2) is 59.7 Å². The third kappa shape index (κ3) is 6.69. The van der Waals surface area contributed by atoms with Crippen LogP contribution < -0.4 is 4.74 Å². The van der Waals surface area contributed by atoms with Crippen molar-refractivity contribution in [1.82, 2.24) is 29.6 Å². The molecule has 226 valence electrons. The quantitative estimate of drug-likeness (QED) is 0.417. The van der Waals surface area contributed by atoms with Gasteiger partial charge in [0, 0.05) is 56.5 Å². The maximum absolute atomic E-state index is 14.5. The molecule has 1 saturated heterocycles. The van der Waals surface area contributed by atoms with E-state index in [0.29, 0.717) is 42.8 Å². The molecular formula is C30H33Cl2N7O4. The average molecular weight is 627 g/mol. The first-order valence-corrected chi connectivity index (χ1v) is 14.7. The van der Waals surface area contributed by atoms with E-state index in [2.05, 4.69) is 9.97 Å². The summed E-state index contributed by atoms with van der Waals surface area (Å²) in [6.45, 7) is 4.30. The Labute approximate surface area is 260 Å². The molecule has 11 nitrogen and oxygen atoms in total. The van der Waals surface area contributed by atoms with Gasteiger partial charge in [0.1, 0.15) is 11.9 Å². The van der Waals surface area contributed by atoms with Gasteiger partial charge in [-0.2, -0.15) is 4.98 Å². The monoisotopic (exact) mass is 625 g/mol. The number of aromatic nitrogens is 2. The van der Waals surface area contributed by atoms with Crippen LogP contribution in [0.5, 0.6) is 11.9 Å². The highest BCUT2D eigenvalue weighted by Gasteiger charge is 2.45. The highest BCUT2D eigenvalue weighted by molar-refractivity contribution is 6.30. The Hall–Kier alpha value is -3.93. The molecule has 0 aliphatic carbocycles. The van der Waals surface area contributed by atoms with E-state index in [0.717, 1.165) is 11.1 Å². The lowest BCUT2D eigenvalue weighted by Gasteiger charge is -2.39. The summed E-state index contributed by atoms with van der Waals surface area (Å²) < 4.78 is 5.36. The second kappa shape index (κ2) is 13.2. The molecule has 1 fully saturated rings. The van der Waals surface area contributed by atoms with Gasteiger partial charge in [-0.1, -0.05) is 47.5 Å². The Morgan fingerprint density at radius 1 is 0.977 bits per heavy atom. The van der Waals surface area contributed by atoms with Crippen molar-refractivity contribution in [3.8, 4) is 11.9 Å². The fourth-order valence-corrected chi connectivity index (χ4v) is 5.40. The second-order valence-corrected chi connectivity index (χ2v) is 11.3. The van der Waals surface area contributed by atoms with Gasteiger partial charge in [-0.15, -0.1) is 0 Å². The zero-order valence-corrected chi connectivity index (χ0v) is 25.7. The van der Waals surface area contributed by atoms with Crippen LogP contribution in [0, 0.1) is 0 Å². The fourth-order valence-electron chi connectivity index (χ4n) is 5.15. The van der Waals surface area contributed by atoms with Crippen molar-refractivity contribution < 1.29 is 19.4 Å². The van der Waals surface area contributed by atoms with Crippen molar-refractivity contribution in [3.63, 3.8) is 0 Å². The number of urea groups is 1. The summed E-state index contributed by atoms with van der Waals surface area (Å²) in [4.78, 5) is 47.0. The topological polar surface area (TPSA) is 115 Å². The molecular weight excluding hydrogens is 593 g/mol. The van der Waals surface area contributed by atoms with Crippen LogP contribution in [0.2, 0.25) is 10.0 Å². The smallest absolute Gasteiger partial charge is 0.326 e. The van der Waals surface area contributed by atoms with Crippen LogP contribution in [-0.2, 0) is 4.79 Å². The minimum absolute atomic E-state index is 0.00771. The number of hydrogen-bond donors (Lipinski definition) is 1. The first-order valence-electron chi connectivity index (χ1n) is 13.9. The predicted molar refractivity (Wildman–Crippen MR) is 164 cm³/mol.